The minimum absolute atomic E-state index is 0.0237. The molecule has 4 aromatic rings. The van der Waals surface area contributed by atoms with Crippen LogP contribution >= 0.6 is 11.3 Å². The molecule has 10 nitrogen and oxygen atoms in total. The van der Waals surface area contributed by atoms with Crippen LogP contribution < -0.4 is 15.4 Å². The van der Waals surface area contributed by atoms with Crippen LogP contribution in [0.3, 0.4) is 0 Å². The van der Waals surface area contributed by atoms with Crippen molar-refractivity contribution in [3.8, 4) is 28.3 Å². The molecule has 2 amide bonds. The Morgan fingerprint density at radius 2 is 1.51 bits per heavy atom. The van der Waals surface area contributed by atoms with Gasteiger partial charge in [-0.25, -0.2) is 14.8 Å². The lowest BCUT2D eigenvalue weighted by molar-refractivity contribution is -0.142. The summed E-state index contributed by atoms with van der Waals surface area (Å²) in [6.45, 7) is 9.08. The van der Waals surface area contributed by atoms with E-state index in [1.54, 1.807) is 18.5 Å². The van der Waals surface area contributed by atoms with Gasteiger partial charge >= 0.3 is 5.97 Å². The van der Waals surface area contributed by atoms with E-state index in [1.165, 1.54) is 37.0 Å². The summed E-state index contributed by atoms with van der Waals surface area (Å²) in [7, 11) is 0. The molecule has 2 aromatic heterocycles. The summed E-state index contributed by atoms with van der Waals surface area (Å²) in [5, 5.41) is 14.9. The zero-order valence-electron chi connectivity index (χ0n) is 29.8. The zero-order valence-corrected chi connectivity index (χ0v) is 30.6. The quantitative estimate of drug-likeness (QED) is 0.0673. The number of rotatable bonds is 19. The number of amides is 2. The fraction of sp³-hybridized carbons (Fsp3) is 0.400. The SMILES string of the molecule is CCCCCCCOc1ccc(-c2cnc(-c3ccc(CC(NC(=O)c4ccc(C(C)(C)C)s4)C(=O)NC(CCC=O)C(=O)O)cc3)nc2)cc1. The Hall–Kier alpha value is -4.90. The van der Waals surface area contributed by atoms with Crippen molar-refractivity contribution < 1.29 is 29.0 Å². The number of benzene rings is 2. The minimum Gasteiger partial charge on any atom is -0.494 e. The summed E-state index contributed by atoms with van der Waals surface area (Å²) in [6, 6.07) is 16.5. The number of carboxylic acid groups (broad SMARTS) is 1. The Morgan fingerprint density at radius 1 is 0.843 bits per heavy atom. The van der Waals surface area contributed by atoms with Gasteiger partial charge in [0.05, 0.1) is 11.5 Å². The summed E-state index contributed by atoms with van der Waals surface area (Å²) in [5.74, 6) is -0.970. The molecule has 11 heteroatoms. The van der Waals surface area contributed by atoms with E-state index in [-0.39, 0.29) is 24.7 Å². The van der Waals surface area contributed by atoms with Crippen LogP contribution in [0, 0.1) is 0 Å². The highest BCUT2D eigenvalue weighted by atomic mass is 32.1. The van der Waals surface area contributed by atoms with E-state index >= 15 is 0 Å². The fourth-order valence-electron chi connectivity index (χ4n) is 5.36. The molecule has 2 unspecified atom stereocenters. The molecule has 0 radical (unpaired) electrons. The summed E-state index contributed by atoms with van der Waals surface area (Å²) in [6.07, 6.45) is 10.1. The van der Waals surface area contributed by atoms with Gasteiger partial charge in [-0.2, -0.15) is 0 Å². The van der Waals surface area contributed by atoms with Crippen LogP contribution in [-0.4, -0.2) is 57.8 Å². The second kappa shape index (κ2) is 18.9. The van der Waals surface area contributed by atoms with Crippen LogP contribution in [0.15, 0.2) is 73.1 Å². The van der Waals surface area contributed by atoms with Gasteiger partial charge in [0, 0.05) is 41.2 Å². The van der Waals surface area contributed by atoms with Crippen molar-refractivity contribution >= 4 is 35.4 Å². The molecule has 2 atom stereocenters. The van der Waals surface area contributed by atoms with Gasteiger partial charge in [-0.3, -0.25) is 9.59 Å². The largest absolute Gasteiger partial charge is 0.494 e. The lowest BCUT2D eigenvalue weighted by Gasteiger charge is -2.21. The van der Waals surface area contributed by atoms with E-state index in [2.05, 4.69) is 48.3 Å². The summed E-state index contributed by atoms with van der Waals surface area (Å²) in [4.78, 5) is 60.0. The van der Waals surface area contributed by atoms with Crippen molar-refractivity contribution in [3.63, 3.8) is 0 Å². The minimum atomic E-state index is -1.27. The van der Waals surface area contributed by atoms with Gasteiger partial charge in [-0.15, -0.1) is 11.3 Å². The number of aliphatic carboxylic acids is 1. The molecule has 51 heavy (non-hydrogen) atoms. The Labute approximate surface area is 304 Å². The molecular weight excluding hydrogens is 665 g/mol. The molecule has 0 spiro atoms. The Bertz CT molecular complexity index is 1730. The smallest absolute Gasteiger partial charge is 0.326 e. The number of hydrogen-bond acceptors (Lipinski definition) is 8. The van der Waals surface area contributed by atoms with Crippen LogP contribution in [0.5, 0.6) is 5.75 Å². The van der Waals surface area contributed by atoms with Crippen LogP contribution in [0.1, 0.15) is 92.8 Å². The number of ether oxygens (including phenoxy) is 1. The summed E-state index contributed by atoms with van der Waals surface area (Å²) >= 11 is 1.35. The van der Waals surface area contributed by atoms with Crippen molar-refractivity contribution in [1.29, 1.82) is 0 Å². The number of nitrogens with zero attached hydrogens (tertiary/aromatic N) is 2. The van der Waals surface area contributed by atoms with Crippen LogP contribution in [0.4, 0.5) is 0 Å². The van der Waals surface area contributed by atoms with E-state index in [0.717, 1.165) is 39.3 Å². The number of nitrogens with one attached hydrogen (secondary N) is 2. The average Bonchev–Trinajstić information content (AvgIpc) is 3.64. The van der Waals surface area contributed by atoms with Gasteiger partial charge in [0.1, 0.15) is 24.1 Å². The third-order valence-corrected chi connectivity index (χ3v) is 9.90. The van der Waals surface area contributed by atoms with E-state index < -0.39 is 29.9 Å². The first kappa shape index (κ1) is 38.9. The molecular formula is C40H48N4O6S. The van der Waals surface area contributed by atoms with Crippen molar-refractivity contribution in [2.24, 2.45) is 0 Å². The molecule has 0 aliphatic heterocycles. The average molecular weight is 713 g/mol. The van der Waals surface area contributed by atoms with Crippen LogP contribution in [0.25, 0.3) is 22.5 Å². The van der Waals surface area contributed by atoms with E-state index in [1.807, 2.05) is 54.6 Å². The monoisotopic (exact) mass is 712 g/mol. The molecule has 0 fully saturated rings. The third-order valence-electron chi connectivity index (χ3n) is 8.39. The Balaban J connectivity index is 1.43. The molecule has 2 aromatic carbocycles. The van der Waals surface area contributed by atoms with Gasteiger partial charge in [0.15, 0.2) is 5.82 Å². The van der Waals surface area contributed by atoms with Gasteiger partial charge in [0.25, 0.3) is 5.91 Å². The first-order chi connectivity index (χ1) is 24.5. The van der Waals surface area contributed by atoms with Crippen molar-refractivity contribution in [1.82, 2.24) is 20.6 Å². The first-order valence-electron chi connectivity index (χ1n) is 17.5. The highest BCUT2D eigenvalue weighted by Crippen LogP contribution is 2.29. The number of carboxylic acids is 1. The van der Waals surface area contributed by atoms with Gasteiger partial charge < -0.3 is 25.3 Å². The number of carbonyl (C=O) groups excluding carboxylic acids is 3. The predicted molar refractivity (Wildman–Crippen MR) is 200 cm³/mol. The van der Waals surface area contributed by atoms with E-state index in [4.69, 9.17) is 4.74 Å². The maximum Gasteiger partial charge on any atom is 0.326 e. The van der Waals surface area contributed by atoms with Crippen LogP contribution in [0.2, 0.25) is 0 Å². The molecule has 0 aliphatic carbocycles. The molecule has 2 heterocycles. The normalized spacial score (nSPS) is 12.5. The summed E-state index contributed by atoms with van der Waals surface area (Å²) in [5.41, 5.74) is 3.21. The molecule has 0 bridgehead atoms. The molecule has 4 rings (SSSR count). The number of aromatic nitrogens is 2. The van der Waals surface area contributed by atoms with E-state index in [9.17, 15) is 24.3 Å². The predicted octanol–water partition coefficient (Wildman–Crippen LogP) is 7.41. The second-order valence-electron chi connectivity index (χ2n) is 13.6. The van der Waals surface area contributed by atoms with Crippen LogP contribution in [-0.2, 0) is 26.2 Å². The number of unbranched alkanes of at least 4 members (excludes halogenated alkanes) is 4. The maximum atomic E-state index is 13.4. The molecule has 0 saturated carbocycles. The number of hydrogen-bond donors (Lipinski definition) is 3. The highest BCUT2D eigenvalue weighted by Gasteiger charge is 2.28. The number of aldehydes is 1. The molecule has 0 aliphatic rings. The maximum absolute atomic E-state index is 13.4. The fourth-order valence-corrected chi connectivity index (χ4v) is 6.32. The number of thiophene rings is 1. The number of carbonyl (C=O) groups is 4. The molecule has 270 valence electrons. The topological polar surface area (TPSA) is 148 Å². The third kappa shape index (κ3) is 11.8. The standard InChI is InChI=1S/C40H48N4O6S/c1-5-6-7-8-9-23-50-31-18-16-28(17-19-31)30-25-41-36(42-26-30)29-14-12-27(13-15-29)24-33(37(46)43-32(39(48)49)11-10-22-45)44-38(47)34-20-21-35(51-34)40(2,3)4/h12-22,25-26,32-33H,5-11,23-24H2,1-4H3,(H,43,46)(H,44,47)(H,48,49). The first-order valence-corrected chi connectivity index (χ1v) is 18.3. The lowest BCUT2D eigenvalue weighted by atomic mass is 9.95. The Morgan fingerprint density at radius 3 is 2.12 bits per heavy atom. The molecule has 3 N–H and O–H groups in total. The van der Waals surface area contributed by atoms with Crippen molar-refractivity contribution in [2.75, 3.05) is 6.61 Å². The second-order valence-corrected chi connectivity index (χ2v) is 14.7. The highest BCUT2D eigenvalue weighted by molar-refractivity contribution is 7.14. The van der Waals surface area contributed by atoms with Crippen molar-refractivity contribution in [3.05, 3.63) is 88.4 Å². The van der Waals surface area contributed by atoms with Gasteiger partial charge in [-0.1, -0.05) is 89.8 Å². The van der Waals surface area contributed by atoms with Crippen molar-refractivity contribution in [2.45, 2.75) is 96.6 Å². The zero-order chi connectivity index (χ0) is 36.8. The summed E-state index contributed by atoms with van der Waals surface area (Å²) < 4.78 is 5.88. The lowest BCUT2D eigenvalue weighted by Crippen LogP contribution is -2.52. The van der Waals surface area contributed by atoms with E-state index in [0.29, 0.717) is 23.6 Å². The van der Waals surface area contributed by atoms with Gasteiger partial charge in [-0.05, 0) is 53.6 Å². The Kier molecular flexibility index (Phi) is 14.4. The van der Waals surface area contributed by atoms with Gasteiger partial charge in [0.2, 0.25) is 5.91 Å². The molecule has 0 saturated heterocycles.